The number of aromatic nitrogens is 1. The maximum atomic E-state index is 12.7. The van der Waals surface area contributed by atoms with Gasteiger partial charge in [-0.2, -0.15) is 0 Å². The molecule has 0 bridgehead atoms. The predicted octanol–water partition coefficient (Wildman–Crippen LogP) is 5.06. The molecule has 0 atom stereocenters. The summed E-state index contributed by atoms with van der Waals surface area (Å²) in [5.74, 6) is 1.09. The van der Waals surface area contributed by atoms with Gasteiger partial charge in [0.2, 0.25) is 5.89 Å². The van der Waals surface area contributed by atoms with E-state index in [2.05, 4.69) is 35.9 Å². The highest BCUT2D eigenvalue weighted by atomic mass is 16.4. The van der Waals surface area contributed by atoms with E-state index >= 15 is 0 Å². The fraction of sp³-hybridized carbons (Fsp3) is 0.250. The monoisotopic (exact) mass is 386 g/mol. The molecule has 29 heavy (non-hydrogen) atoms. The van der Waals surface area contributed by atoms with Gasteiger partial charge in [0.25, 0.3) is 0 Å². The Bertz CT molecular complexity index is 1260. The molecule has 0 amide bonds. The van der Waals surface area contributed by atoms with Gasteiger partial charge in [-0.05, 0) is 50.5 Å². The summed E-state index contributed by atoms with van der Waals surface area (Å²) in [6.07, 6.45) is 1.73. The summed E-state index contributed by atoms with van der Waals surface area (Å²) in [7, 11) is 0. The first-order valence-corrected chi connectivity index (χ1v) is 10.1. The zero-order chi connectivity index (χ0) is 20.0. The van der Waals surface area contributed by atoms with Crippen molar-refractivity contribution in [1.29, 1.82) is 0 Å². The Hall–Kier alpha value is -3.34. The van der Waals surface area contributed by atoms with Crippen LogP contribution in [0.4, 0.5) is 5.69 Å². The van der Waals surface area contributed by atoms with Crippen LogP contribution in [0.25, 0.3) is 33.7 Å². The maximum absolute atomic E-state index is 12.7. The number of fused-ring (bicyclic) bond motifs is 4. The van der Waals surface area contributed by atoms with Gasteiger partial charge in [-0.3, -0.25) is 0 Å². The smallest absolute Gasteiger partial charge is 0.349 e. The molecule has 5 rings (SSSR count). The first-order valence-electron chi connectivity index (χ1n) is 10.1. The number of oxazole rings is 1. The number of hydrogen-bond donors (Lipinski definition) is 0. The Balaban J connectivity index is 1.60. The number of aryl methyl sites for hydroxylation is 2. The Morgan fingerprint density at radius 3 is 2.62 bits per heavy atom. The highest BCUT2D eigenvalue weighted by Crippen LogP contribution is 2.36. The largest absolute Gasteiger partial charge is 0.436 e. The van der Waals surface area contributed by atoms with E-state index in [-0.39, 0.29) is 0 Å². The van der Waals surface area contributed by atoms with Crippen molar-refractivity contribution in [3.8, 4) is 22.8 Å². The summed E-state index contributed by atoms with van der Waals surface area (Å²) in [5, 5.41) is 0.854. The molecule has 5 nitrogen and oxygen atoms in total. The van der Waals surface area contributed by atoms with Crippen molar-refractivity contribution in [2.45, 2.75) is 26.7 Å². The molecular weight excluding hydrogens is 364 g/mol. The zero-order valence-corrected chi connectivity index (χ0v) is 16.6. The van der Waals surface area contributed by atoms with E-state index in [9.17, 15) is 4.79 Å². The minimum atomic E-state index is -0.430. The number of hydrogen-bond acceptors (Lipinski definition) is 5. The van der Waals surface area contributed by atoms with Crippen LogP contribution in [0.3, 0.4) is 0 Å². The van der Waals surface area contributed by atoms with Gasteiger partial charge in [0.1, 0.15) is 11.1 Å². The summed E-state index contributed by atoms with van der Waals surface area (Å²) in [6, 6.07) is 15.9. The average Bonchev–Trinajstić information content (AvgIpc) is 3.18. The van der Waals surface area contributed by atoms with Gasteiger partial charge in [-0.15, -0.1) is 0 Å². The van der Waals surface area contributed by atoms with E-state index in [1.165, 1.54) is 5.56 Å². The van der Waals surface area contributed by atoms with E-state index in [4.69, 9.17) is 8.83 Å². The Labute approximate surface area is 168 Å². The van der Waals surface area contributed by atoms with Crippen LogP contribution < -0.4 is 10.5 Å². The van der Waals surface area contributed by atoms with Gasteiger partial charge >= 0.3 is 5.63 Å². The van der Waals surface area contributed by atoms with Crippen molar-refractivity contribution < 1.29 is 8.83 Å². The molecular formula is C24H22N2O3. The second-order valence-corrected chi connectivity index (χ2v) is 7.29. The van der Waals surface area contributed by atoms with Crippen molar-refractivity contribution in [2.24, 2.45) is 0 Å². The van der Waals surface area contributed by atoms with Crippen molar-refractivity contribution in [3.63, 3.8) is 0 Å². The number of nitrogens with zero attached hydrogens (tertiary/aromatic N) is 2. The van der Waals surface area contributed by atoms with Gasteiger partial charge in [0, 0.05) is 35.8 Å². The average molecular weight is 386 g/mol. The van der Waals surface area contributed by atoms with Crippen molar-refractivity contribution >= 4 is 16.7 Å². The van der Waals surface area contributed by atoms with Crippen LogP contribution >= 0.6 is 0 Å². The van der Waals surface area contributed by atoms with Crippen LogP contribution in [0.2, 0.25) is 0 Å². The third-order valence-corrected chi connectivity index (χ3v) is 5.67. The molecule has 0 radical (unpaired) electrons. The normalized spacial score (nSPS) is 12.6. The Kier molecular flexibility index (Phi) is 4.23. The van der Waals surface area contributed by atoms with Crippen LogP contribution in [-0.4, -0.2) is 18.1 Å². The molecule has 0 N–H and O–H groups in total. The lowest BCUT2D eigenvalue weighted by atomic mass is 9.93. The molecule has 0 fully saturated rings. The van der Waals surface area contributed by atoms with E-state index in [0.29, 0.717) is 17.0 Å². The molecule has 1 aliphatic rings. The summed E-state index contributed by atoms with van der Waals surface area (Å²) >= 11 is 0. The van der Waals surface area contributed by atoms with Crippen LogP contribution in [0.1, 0.15) is 25.1 Å². The van der Waals surface area contributed by atoms with Crippen molar-refractivity contribution in [3.05, 3.63) is 70.2 Å². The zero-order valence-electron chi connectivity index (χ0n) is 16.6. The van der Waals surface area contributed by atoms with E-state index in [1.54, 1.807) is 0 Å². The van der Waals surface area contributed by atoms with E-state index < -0.39 is 5.63 Å². The van der Waals surface area contributed by atoms with Gasteiger partial charge < -0.3 is 13.7 Å². The lowest BCUT2D eigenvalue weighted by molar-refractivity contribution is 0.547. The van der Waals surface area contributed by atoms with Crippen molar-refractivity contribution in [1.82, 2.24) is 4.98 Å². The highest BCUT2D eigenvalue weighted by Gasteiger charge is 2.24. The van der Waals surface area contributed by atoms with Crippen LogP contribution in [-0.2, 0) is 12.8 Å². The molecule has 0 aliphatic heterocycles. The minimum absolute atomic E-state index is 0.329. The molecule has 1 aliphatic carbocycles. The van der Waals surface area contributed by atoms with Gasteiger partial charge in [0.05, 0.1) is 5.69 Å². The summed E-state index contributed by atoms with van der Waals surface area (Å²) in [5.41, 5.74) is 4.75. The van der Waals surface area contributed by atoms with Crippen LogP contribution in [0.5, 0.6) is 0 Å². The first-order chi connectivity index (χ1) is 14.2. The fourth-order valence-electron chi connectivity index (χ4n) is 4.09. The molecule has 0 unspecified atom stereocenters. The van der Waals surface area contributed by atoms with Crippen LogP contribution in [0, 0.1) is 0 Å². The molecule has 146 valence electrons. The Morgan fingerprint density at radius 1 is 0.966 bits per heavy atom. The summed E-state index contributed by atoms with van der Waals surface area (Å²) < 4.78 is 11.7. The lowest BCUT2D eigenvalue weighted by Crippen LogP contribution is -2.21. The van der Waals surface area contributed by atoms with Crippen LogP contribution in [0.15, 0.2) is 62.2 Å². The standard InChI is InChI=1S/C24H22N2O3/c1-3-26(4-2)17-11-9-16-13-19(24(27)28-21(16)14-17)23-25-20-12-10-15-7-5-6-8-18(15)22(20)29-23/h5-9,11,13-14H,3-4,10,12H2,1-2H3. The summed E-state index contributed by atoms with van der Waals surface area (Å²) in [6.45, 7) is 6.01. The number of anilines is 1. The molecule has 5 heteroatoms. The first kappa shape index (κ1) is 17.7. The lowest BCUT2D eigenvalue weighted by Gasteiger charge is -2.20. The van der Waals surface area contributed by atoms with E-state index in [1.807, 2.05) is 36.4 Å². The molecule has 0 spiro atoms. The molecule has 0 saturated heterocycles. The van der Waals surface area contributed by atoms with Crippen molar-refractivity contribution in [2.75, 3.05) is 18.0 Å². The second kappa shape index (κ2) is 6.92. The van der Waals surface area contributed by atoms with E-state index in [0.717, 1.165) is 54.0 Å². The molecule has 0 saturated carbocycles. The fourth-order valence-corrected chi connectivity index (χ4v) is 4.09. The molecule has 2 heterocycles. The predicted molar refractivity (Wildman–Crippen MR) is 114 cm³/mol. The number of benzene rings is 2. The van der Waals surface area contributed by atoms with Gasteiger partial charge in [-0.25, -0.2) is 9.78 Å². The third-order valence-electron chi connectivity index (χ3n) is 5.67. The molecule has 4 aromatic rings. The quantitative estimate of drug-likeness (QED) is 0.459. The highest BCUT2D eigenvalue weighted by molar-refractivity contribution is 5.84. The Morgan fingerprint density at radius 2 is 1.79 bits per heavy atom. The minimum Gasteiger partial charge on any atom is -0.436 e. The van der Waals surface area contributed by atoms with Gasteiger partial charge in [-0.1, -0.05) is 24.3 Å². The van der Waals surface area contributed by atoms with Gasteiger partial charge in [0.15, 0.2) is 5.76 Å². The number of rotatable bonds is 4. The molecule has 2 aromatic heterocycles. The summed E-state index contributed by atoms with van der Waals surface area (Å²) in [4.78, 5) is 19.6. The second-order valence-electron chi connectivity index (χ2n) is 7.29. The maximum Gasteiger partial charge on any atom is 0.349 e. The third kappa shape index (κ3) is 2.94. The SMILES string of the molecule is CCN(CC)c1ccc2cc(-c3nc4c(o3)-c3ccccc3CC4)c(=O)oc2c1. The molecule has 2 aromatic carbocycles. The topological polar surface area (TPSA) is 59.5 Å².